The number of carbonyl (C=O) groups is 1. The summed E-state index contributed by atoms with van der Waals surface area (Å²) < 4.78 is 28.3. The van der Waals surface area contributed by atoms with Crippen LogP contribution in [0.25, 0.3) is 5.69 Å². The Labute approximate surface area is 158 Å². The van der Waals surface area contributed by atoms with E-state index in [0.29, 0.717) is 24.2 Å². The molecule has 27 heavy (non-hydrogen) atoms. The minimum Gasteiger partial charge on any atom is -0.322 e. The second kappa shape index (κ2) is 8.15. The van der Waals surface area contributed by atoms with E-state index < -0.39 is 10.0 Å². The monoisotopic (exact) mass is 384 g/mol. The summed E-state index contributed by atoms with van der Waals surface area (Å²) in [6.45, 7) is 2.27. The second-order valence-corrected chi connectivity index (χ2v) is 7.65. The number of hydrogen-bond donors (Lipinski definition) is 2. The molecule has 0 unspecified atom stereocenters. The number of para-hydroxylation sites is 1. The number of sulfonamides is 1. The molecule has 0 saturated carbocycles. The predicted octanol–water partition coefficient (Wildman–Crippen LogP) is 2.81. The van der Waals surface area contributed by atoms with Gasteiger partial charge in [0, 0.05) is 18.4 Å². The first-order chi connectivity index (χ1) is 13.0. The minimum absolute atomic E-state index is 0.158. The second-order valence-electron chi connectivity index (χ2n) is 5.89. The molecule has 0 saturated heterocycles. The highest BCUT2D eigenvalue weighted by Gasteiger charge is 2.14. The number of nitrogens with zero attached hydrogens (tertiary/aromatic N) is 2. The maximum Gasteiger partial charge on any atom is 0.258 e. The molecule has 1 heterocycles. The number of nitrogens with one attached hydrogen (secondary N) is 2. The Morgan fingerprint density at radius 1 is 1.07 bits per heavy atom. The van der Waals surface area contributed by atoms with Gasteiger partial charge in [-0.05, 0) is 42.8 Å². The molecule has 0 aliphatic carbocycles. The van der Waals surface area contributed by atoms with Crippen LogP contribution in [0.4, 0.5) is 5.69 Å². The Hall–Kier alpha value is -2.97. The van der Waals surface area contributed by atoms with Crippen LogP contribution in [-0.2, 0) is 10.0 Å². The Morgan fingerprint density at radius 3 is 2.44 bits per heavy atom. The van der Waals surface area contributed by atoms with Gasteiger partial charge in [0.2, 0.25) is 10.0 Å². The van der Waals surface area contributed by atoms with E-state index in [9.17, 15) is 13.2 Å². The number of anilines is 1. The molecule has 0 aliphatic rings. The molecule has 2 aromatic carbocycles. The van der Waals surface area contributed by atoms with Crippen LogP contribution in [0, 0.1) is 0 Å². The van der Waals surface area contributed by atoms with Crippen molar-refractivity contribution >= 4 is 21.6 Å². The molecule has 3 rings (SSSR count). The standard InChI is InChI=1S/C19H20N4O3S/c1-2-12-21-27(25,26)18-10-8-16(9-11-18)22-19(24)15-13-20-23(14-15)17-6-4-3-5-7-17/h3-11,13-14,21H,2,12H2,1H3,(H,22,24). The van der Waals surface area contributed by atoms with Crippen molar-refractivity contribution in [2.24, 2.45) is 0 Å². The van der Waals surface area contributed by atoms with Crippen LogP contribution < -0.4 is 10.0 Å². The third-order valence-electron chi connectivity index (χ3n) is 3.83. The van der Waals surface area contributed by atoms with Crippen LogP contribution in [0.15, 0.2) is 71.9 Å². The first kappa shape index (κ1) is 18.8. The van der Waals surface area contributed by atoms with Crippen molar-refractivity contribution in [1.82, 2.24) is 14.5 Å². The fourth-order valence-corrected chi connectivity index (χ4v) is 3.54. The van der Waals surface area contributed by atoms with Gasteiger partial charge in [-0.2, -0.15) is 5.10 Å². The number of amides is 1. The molecule has 0 fully saturated rings. The van der Waals surface area contributed by atoms with Crippen LogP contribution in [0.3, 0.4) is 0 Å². The molecule has 1 amide bonds. The predicted molar refractivity (Wildman–Crippen MR) is 103 cm³/mol. The van der Waals surface area contributed by atoms with Crippen LogP contribution in [-0.4, -0.2) is 30.7 Å². The highest BCUT2D eigenvalue weighted by molar-refractivity contribution is 7.89. The van der Waals surface area contributed by atoms with E-state index in [2.05, 4.69) is 15.1 Å². The zero-order valence-corrected chi connectivity index (χ0v) is 15.6. The maximum absolute atomic E-state index is 12.4. The quantitative estimate of drug-likeness (QED) is 0.655. The smallest absolute Gasteiger partial charge is 0.258 e. The molecule has 0 spiro atoms. The third kappa shape index (κ3) is 4.60. The number of hydrogen-bond acceptors (Lipinski definition) is 4. The van der Waals surface area contributed by atoms with Gasteiger partial charge < -0.3 is 5.32 Å². The number of carbonyl (C=O) groups excluding carboxylic acids is 1. The molecule has 0 atom stereocenters. The summed E-state index contributed by atoms with van der Waals surface area (Å²) in [4.78, 5) is 12.5. The molecular formula is C19H20N4O3S. The van der Waals surface area contributed by atoms with E-state index in [-0.39, 0.29) is 10.8 Å². The van der Waals surface area contributed by atoms with E-state index in [1.165, 1.54) is 18.3 Å². The lowest BCUT2D eigenvalue weighted by molar-refractivity contribution is 0.102. The highest BCUT2D eigenvalue weighted by atomic mass is 32.2. The molecule has 0 bridgehead atoms. The Balaban J connectivity index is 1.69. The number of rotatable bonds is 7. The van der Waals surface area contributed by atoms with Gasteiger partial charge in [0.15, 0.2) is 0 Å². The summed E-state index contributed by atoms with van der Waals surface area (Å²) in [7, 11) is -3.52. The number of aromatic nitrogens is 2. The topological polar surface area (TPSA) is 93.1 Å². The molecule has 0 radical (unpaired) electrons. The fraction of sp³-hybridized carbons (Fsp3) is 0.158. The van der Waals surface area contributed by atoms with Crippen LogP contribution in [0.2, 0.25) is 0 Å². The third-order valence-corrected chi connectivity index (χ3v) is 5.31. The molecule has 8 heteroatoms. The van der Waals surface area contributed by atoms with Gasteiger partial charge in [-0.1, -0.05) is 25.1 Å². The Bertz CT molecular complexity index is 1010. The van der Waals surface area contributed by atoms with Crippen molar-refractivity contribution in [1.29, 1.82) is 0 Å². The molecule has 2 N–H and O–H groups in total. The van der Waals surface area contributed by atoms with Gasteiger partial charge in [0.25, 0.3) is 5.91 Å². The van der Waals surface area contributed by atoms with E-state index in [4.69, 9.17) is 0 Å². The fourth-order valence-electron chi connectivity index (χ4n) is 2.40. The van der Waals surface area contributed by atoms with Crippen molar-refractivity contribution in [3.05, 3.63) is 72.6 Å². The minimum atomic E-state index is -3.52. The highest BCUT2D eigenvalue weighted by Crippen LogP contribution is 2.15. The van der Waals surface area contributed by atoms with Crippen molar-refractivity contribution in [2.75, 3.05) is 11.9 Å². The number of benzene rings is 2. The first-order valence-corrected chi connectivity index (χ1v) is 9.99. The molecular weight excluding hydrogens is 364 g/mol. The lowest BCUT2D eigenvalue weighted by Gasteiger charge is -2.07. The first-order valence-electron chi connectivity index (χ1n) is 8.51. The maximum atomic E-state index is 12.4. The molecule has 0 aliphatic heterocycles. The summed E-state index contributed by atoms with van der Waals surface area (Å²) in [5, 5.41) is 6.93. The van der Waals surface area contributed by atoms with Crippen molar-refractivity contribution in [2.45, 2.75) is 18.2 Å². The lowest BCUT2D eigenvalue weighted by Crippen LogP contribution is -2.24. The summed E-state index contributed by atoms with van der Waals surface area (Å²) >= 11 is 0. The summed E-state index contributed by atoms with van der Waals surface area (Å²) in [6.07, 6.45) is 3.83. The van der Waals surface area contributed by atoms with Crippen LogP contribution >= 0.6 is 0 Å². The molecule has 3 aromatic rings. The van der Waals surface area contributed by atoms with Crippen molar-refractivity contribution in [3.63, 3.8) is 0 Å². The van der Waals surface area contributed by atoms with Crippen LogP contribution in [0.5, 0.6) is 0 Å². The average molecular weight is 384 g/mol. The van der Waals surface area contributed by atoms with Gasteiger partial charge in [-0.15, -0.1) is 0 Å². The van der Waals surface area contributed by atoms with Gasteiger partial charge in [0.05, 0.1) is 22.3 Å². The van der Waals surface area contributed by atoms with E-state index >= 15 is 0 Å². The SMILES string of the molecule is CCCNS(=O)(=O)c1ccc(NC(=O)c2cnn(-c3ccccc3)c2)cc1. The van der Waals surface area contributed by atoms with Crippen molar-refractivity contribution in [3.8, 4) is 5.69 Å². The Morgan fingerprint density at radius 2 is 1.78 bits per heavy atom. The largest absolute Gasteiger partial charge is 0.322 e. The molecule has 7 nitrogen and oxygen atoms in total. The summed E-state index contributed by atoms with van der Waals surface area (Å²) in [5.41, 5.74) is 1.76. The summed E-state index contributed by atoms with van der Waals surface area (Å²) in [6, 6.07) is 15.5. The van der Waals surface area contributed by atoms with E-state index in [0.717, 1.165) is 5.69 Å². The Kier molecular flexibility index (Phi) is 5.68. The van der Waals surface area contributed by atoms with Gasteiger partial charge in [0.1, 0.15) is 0 Å². The van der Waals surface area contributed by atoms with Gasteiger partial charge >= 0.3 is 0 Å². The van der Waals surface area contributed by atoms with E-state index in [1.54, 1.807) is 23.0 Å². The molecule has 140 valence electrons. The summed E-state index contributed by atoms with van der Waals surface area (Å²) in [5.74, 6) is -0.322. The van der Waals surface area contributed by atoms with Crippen LogP contribution in [0.1, 0.15) is 23.7 Å². The normalized spacial score (nSPS) is 11.3. The average Bonchev–Trinajstić information content (AvgIpc) is 3.18. The lowest BCUT2D eigenvalue weighted by atomic mass is 10.3. The molecule has 1 aromatic heterocycles. The van der Waals surface area contributed by atoms with Gasteiger partial charge in [-0.25, -0.2) is 17.8 Å². The van der Waals surface area contributed by atoms with Crippen molar-refractivity contribution < 1.29 is 13.2 Å². The zero-order chi connectivity index (χ0) is 19.3. The van der Waals surface area contributed by atoms with Gasteiger partial charge in [-0.3, -0.25) is 4.79 Å². The van der Waals surface area contributed by atoms with E-state index in [1.807, 2.05) is 37.3 Å². The zero-order valence-electron chi connectivity index (χ0n) is 14.8.